The van der Waals surface area contributed by atoms with Crippen molar-refractivity contribution in [3.63, 3.8) is 0 Å². The van der Waals surface area contributed by atoms with Crippen molar-refractivity contribution in [3.8, 4) is 0 Å². The van der Waals surface area contributed by atoms with Crippen molar-refractivity contribution in [1.82, 2.24) is 0 Å². The van der Waals surface area contributed by atoms with Gasteiger partial charge in [0.25, 0.3) is 0 Å². The number of aliphatic hydroxyl groups excluding tert-OH is 1. The molecule has 2 aromatic rings. The number of nitrogens with one attached hydrogen (secondary N) is 1. The molecule has 0 saturated carbocycles. The van der Waals surface area contributed by atoms with E-state index in [9.17, 15) is 0 Å². The molecule has 2 heteroatoms. The summed E-state index contributed by atoms with van der Waals surface area (Å²) in [6.07, 6.45) is 0.708. The molecule has 0 unspecified atom stereocenters. The molecule has 2 rings (SSSR count). The molecule has 0 aliphatic rings. The summed E-state index contributed by atoms with van der Waals surface area (Å²) in [5, 5.41) is 12.3. The molecule has 0 bridgehead atoms. The van der Waals surface area contributed by atoms with Crippen LogP contribution in [0.25, 0.3) is 0 Å². The minimum absolute atomic E-state index is 0.196. The normalized spacial score (nSPS) is 10.3. The molecule has 0 fully saturated rings. The largest absolute Gasteiger partial charge is 0.396 e. The van der Waals surface area contributed by atoms with Gasteiger partial charge in [0.15, 0.2) is 0 Å². The number of rotatable bonds is 5. The van der Waals surface area contributed by atoms with Gasteiger partial charge in [0.2, 0.25) is 0 Å². The van der Waals surface area contributed by atoms with Gasteiger partial charge in [-0.25, -0.2) is 0 Å². The summed E-state index contributed by atoms with van der Waals surface area (Å²) in [6, 6.07) is 16.7. The molecule has 0 heterocycles. The zero-order valence-electron chi connectivity index (χ0n) is 10.7. The quantitative estimate of drug-likeness (QED) is 0.843. The van der Waals surface area contributed by atoms with E-state index in [4.69, 9.17) is 5.11 Å². The smallest absolute Gasteiger partial charge is 0.0471 e. The predicted octanol–water partition coefficient (Wildman–Crippen LogP) is 3.14. The maximum Gasteiger partial charge on any atom is 0.0471 e. The van der Waals surface area contributed by atoms with E-state index >= 15 is 0 Å². The third-order valence-electron chi connectivity index (χ3n) is 2.91. The van der Waals surface area contributed by atoms with Gasteiger partial charge >= 0.3 is 0 Å². The topological polar surface area (TPSA) is 32.3 Å². The first-order valence-corrected chi connectivity index (χ1v) is 6.27. The summed E-state index contributed by atoms with van der Waals surface area (Å²) in [4.78, 5) is 0. The molecule has 0 spiro atoms. The van der Waals surface area contributed by atoms with Crippen LogP contribution in [0.3, 0.4) is 0 Å². The Morgan fingerprint density at radius 2 is 1.78 bits per heavy atom. The van der Waals surface area contributed by atoms with Crippen molar-refractivity contribution in [1.29, 1.82) is 0 Å². The molecule has 0 aliphatic carbocycles. The Morgan fingerprint density at radius 1 is 1.00 bits per heavy atom. The van der Waals surface area contributed by atoms with Crippen molar-refractivity contribution in [2.75, 3.05) is 11.9 Å². The zero-order valence-corrected chi connectivity index (χ0v) is 10.7. The Morgan fingerprint density at radius 3 is 2.56 bits per heavy atom. The molecule has 0 saturated heterocycles. The van der Waals surface area contributed by atoms with Crippen LogP contribution in [-0.2, 0) is 13.0 Å². The molecule has 0 aromatic heterocycles. The summed E-state index contributed by atoms with van der Waals surface area (Å²) in [6.45, 7) is 3.12. The van der Waals surface area contributed by atoms with Crippen LogP contribution in [0.1, 0.15) is 16.7 Å². The molecule has 0 aliphatic heterocycles. The first kappa shape index (κ1) is 12.7. The second kappa shape index (κ2) is 6.22. The Labute approximate surface area is 108 Å². The van der Waals surface area contributed by atoms with Crippen LogP contribution in [0.4, 0.5) is 5.69 Å². The number of hydrogen-bond acceptors (Lipinski definition) is 2. The van der Waals surface area contributed by atoms with Crippen molar-refractivity contribution in [2.45, 2.75) is 19.9 Å². The van der Waals surface area contributed by atoms with Crippen LogP contribution >= 0.6 is 0 Å². The van der Waals surface area contributed by atoms with E-state index in [0.717, 1.165) is 17.8 Å². The Kier molecular flexibility index (Phi) is 4.37. The fourth-order valence-electron chi connectivity index (χ4n) is 1.99. The minimum Gasteiger partial charge on any atom is -0.396 e. The molecule has 0 amide bonds. The van der Waals surface area contributed by atoms with E-state index in [-0.39, 0.29) is 6.61 Å². The Balaban J connectivity index is 1.99. The minimum atomic E-state index is 0.196. The van der Waals surface area contributed by atoms with Gasteiger partial charge in [-0.1, -0.05) is 42.0 Å². The number of aliphatic hydroxyl groups is 1. The number of aryl methyl sites for hydroxylation is 1. The monoisotopic (exact) mass is 241 g/mol. The first-order valence-electron chi connectivity index (χ1n) is 6.27. The van der Waals surface area contributed by atoms with Gasteiger partial charge in [0.1, 0.15) is 0 Å². The summed E-state index contributed by atoms with van der Waals surface area (Å²) < 4.78 is 0. The second-order valence-corrected chi connectivity index (χ2v) is 4.52. The zero-order chi connectivity index (χ0) is 12.8. The van der Waals surface area contributed by atoms with Gasteiger partial charge in [-0.05, 0) is 36.6 Å². The molecule has 94 valence electrons. The van der Waals surface area contributed by atoms with E-state index in [1.54, 1.807) is 0 Å². The molecule has 2 aromatic carbocycles. The molecular weight excluding hydrogens is 222 g/mol. The average molecular weight is 241 g/mol. The van der Waals surface area contributed by atoms with E-state index in [1.807, 2.05) is 12.1 Å². The molecule has 0 atom stereocenters. The predicted molar refractivity (Wildman–Crippen MR) is 75.7 cm³/mol. The van der Waals surface area contributed by atoms with Gasteiger partial charge in [-0.3, -0.25) is 0 Å². The first-order chi connectivity index (χ1) is 8.78. The highest BCUT2D eigenvalue weighted by Gasteiger charge is 1.97. The summed E-state index contributed by atoms with van der Waals surface area (Å²) in [5.74, 6) is 0. The fourth-order valence-corrected chi connectivity index (χ4v) is 1.99. The molecule has 18 heavy (non-hydrogen) atoms. The van der Waals surface area contributed by atoms with Crippen molar-refractivity contribution >= 4 is 5.69 Å². The lowest BCUT2D eigenvalue weighted by molar-refractivity contribution is 0.299. The van der Waals surface area contributed by atoms with Gasteiger partial charge in [-0.15, -0.1) is 0 Å². The lowest BCUT2D eigenvalue weighted by atomic mass is 10.1. The van der Waals surface area contributed by atoms with E-state index in [2.05, 4.69) is 48.6 Å². The average Bonchev–Trinajstić information content (AvgIpc) is 2.37. The SMILES string of the molecule is Cc1cccc(CNc2cccc(CCO)c2)c1. The number of benzene rings is 2. The van der Waals surface area contributed by atoms with Crippen molar-refractivity contribution < 1.29 is 5.11 Å². The third-order valence-corrected chi connectivity index (χ3v) is 2.91. The van der Waals surface area contributed by atoms with Gasteiger partial charge in [0, 0.05) is 18.8 Å². The van der Waals surface area contributed by atoms with Crippen LogP contribution in [0.15, 0.2) is 48.5 Å². The fraction of sp³-hybridized carbons (Fsp3) is 0.250. The standard InChI is InChI=1S/C16H19NO/c1-13-4-2-6-15(10-13)12-17-16-7-3-5-14(11-16)8-9-18/h2-7,10-11,17-18H,8-9,12H2,1H3. The van der Waals surface area contributed by atoms with Gasteiger partial charge in [-0.2, -0.15) is 0 Å². The number of hydrogen-bond donors (Lipinski definition) is 2. The highest BCUT2D eigenvalue weighted by atomic mass is 16.2. The van der Waals surface area contributed by atoms with Crippen molar-refractivity contribution in [2.24, 2.45) is 0 Å². The molecule has 2 nitrogen and oxygen atoms in total. The van der Waals surface area contributed by atoms with Crippen molar-refractivity contribution in [3.05, 3.63) is 65.2 Å². The van der Waals surface area contributed by atoms with Crippen LogP contribution in [0.2, 0.25) is 0 Å². The van der Waals surface area contributed by atoms with Gasteiger partial charge < -0.3 is 10.4 Å². The Bertz CT molecular complexity index is 508. The molecular formula is C16H19NO. The lowest BCUT2D eigenvalue weighted by Gasteiger charge is -2.08. The highest BCUT2D eigenvalue weighted by Crippen LogP contribution is 2.13. The van der Waals surface area contributed by atoms with Crippen LogP contribution < -0.4 is 5.32 Å². The van der Waals surface area contributed by atoms with E-state index in [0.29, 0.717) is 6.42 Å². The summed E-state index contributed by atoms with van der Waals surface area (Å²) >= 11 is 0. The second-order valence-electron chi connectivity index (χ2n) is 4.52. The Hall–Kier alpha value is -1.80. The van der Waals surface area contributed by atoms with E-state index < -0.39 is 0 Å². The molecule has 0 radical (unpaired) electrons. The van der Waals surface area contributed by atoms with E-state index in [1.165, 1.54) is 11.1 Å². The molecule has 2 N–H and O–H groups in total. The summed E-state index contributed by atoms with van der Waals surface area (Å²) in [7, 11) is 0. The maximum absolute atomic E-state index is 8.93. The summed E-state index contributed by atoms with van der Waals surface area (Å²) in [5.41, 5.74) is 4.82. The lowest BCUT2D eigenvalue weighted by Crippen LogP contribution is -2.00. The maximum atomic E-state index is 8.93. The van der Waals surface area contributed by atoms with Crippen LogP contribution in [0, 0.1) is 6.92 Å². The van der Waals surface area contributed by atoms with Gasteiger partial charge in [0.05, 0.1) is 0 Å². The van der Waals surface area contributed by atoms with Crippen LogP contribution in [0.5, 0.6) is 0 Å². The van der Waals surface area contributed by atoms with Crippen LogP contribution in [-0.4, -0.2) is 11.7 Å². The third kappa shape index (κ3) is 3.60. The number of anilines is 1. The highest BCUT2D eigenvalue weighted by molar-refractivity contribution is 5.46.